The summed E-state index contributed by atoms with van der Waals surface area (Å²) in [5.41, 5.74) is 0. The first kappa shape index (κ1) is 11.9. The van der Waals surface area contributed by atoms with Crippen molar-refractivity contribution >= 4 is 11.6 Å². The summed E-state index contributed by atoms with van der Waals surface area (Å²) in [5, 5.41) is 8.78. The Morgan fingerprint density at radius 1 is 1.38 bits per heavy atom. The van der Waals surface area contributed by atoms with Crippen LogP contribution in [0.4, 0.5) is 0 Å². The van der Waals surface area contributed by atoms with Gasteiger partial charge in [0.2, 0.25) is 5.28 Å². The maximum atomic E-state index is 6.13. The van der Waals surface area contributed by atoms with E-state index in [0.717, 1.165) is 18.2 Å². The van der Waals surface area contributed by atoms with E-state index in [9.17, 15) is 0 Å². The smallest absolute Gasteiger partial charge is 0.225 e. The third-order valence-corrected chi connectivity index (χ3v) is 3.76. The quantitative estimate of drug-likeness (QED) is 0.785. The Hall–Kier alpha value is -0.570. The zero-order valence-electron chi connectivity index (χ0n) is 10.3. The zero-order valence-corrected chi connectivity index (χ0v) is 11.0. The summed E-state index contributed by atoms with van der Waals surface area (Å²) in [6, 6.07) is 0.410. The Bertz CT molecular complexity index is 357. The minimum Gasteiger partial charge on any atom is -0.299 e. The molecule has 1 saturated carbocycles. The van der Waals surface area contributed by atoms with Gasteiger partial charge in [0.05, 0.1) is 0 Å². The van der Waals surface area contributed by atoms with E-state index in [1.807, 2.05) is 0 Å². The van der Waals surface area contributed by atoms with Crippen LogP contribution in [0.2, 0.25) is 5.28 Å². The molecule has 0 bridgehead atoms. The molecular weight excluding hydrogens is 222 g/mol. The molecule has 0 aliphatic heterocycles. The van der Waals surface area contributed by atoms with Crippen molar-refractivity contribution < 1.29 is 0 Å². The van der Waals surface area contributed by atoms with Crippen molar-refractivity contribution in [2.75, 3.05) is 0 Å². The average Bonchev–Trinajstić information content (AvgIpc) is 3.02. The molecule has 1 aliphatic carbocycles. The molecule has 2 atom stereocenters. The SMILES string of the molecule is CCC(C)CC(C)n1c(Cl)nnc1C1CC1. The lowest BCUT2D eigenvalue weighted by Gasteiger charge is -2.19. The van der Waals surface area contributed by atoms with Gasteiger partial charge in [-0.3, -0.25) is 4.57 Å². The van der Waals surface area contributed by atoms with E-state index in [2.05, 4.69) is 35.5 Å². The van der Waals surface area contributed by atoms with Crippen LogP contribution in [0.3, 0.4) is 0 Å². The Morgan fingerprint density at radius 3 is 2.62 bits per heavy atom. The molecule has 0 spiro atoms. The molecule has 1 aromatic heterocycles. The lowest BCUT2D eigenvalue weighted by molar-refractivity contribution is 0.390. The van der Waals surface area contributed by atoms with E-state index in [1.54, 1.807) is 0 Å². The number of halogens is 1. The second-order valence-corrected chi connectivity index (χ2v) is 5.41. The minimum absolute atomic E-state index is 0.410. The maximum absolute atomic E-state index is 6.13. The fourth-order valence-electron chi connectivity index (χ4n) is 2.17. The van der Waals surface area contributed by atoms with Crippen molar-refractivity contribution in [2.45, 2.75) is 58.4 Å². The maximum Gasteiger partial charge on any atom is 0.225 e. The van der Waals surface area contributed by atoms with Gasteiger partial charge < -0.3 is 0 Å². The minimum atomic E-state index is 0.410. The molecule has 2 unspecified atom stereocenters. The highest BCUT2D eigenvalue weighted by atomic mass is 35.5. The zero-order chi connectivity index (χ0) is 11.7. The molecule has 16 heavy (non-hydrogen) atoms. The summed E-state index contributed by atoms with van der Waals surface area (Å²) in [6.45, 7) is 6.73. The summed E-state index contributed by atoms with van der Waals surface area (Å²) in [4.78, 5) is 0. The van der Waals surface area contributed by atoms with Crippen LogP contribution in [-0.2, 0) is 0 Å². The van der Waals surface area contributed by atoms with Crippen LogP contribution in [0.25, 0.3) is 0 Å². The molecule has 4 heteroatoms. The predicted molar refractivity (Wildman–Crippen MR) is 65.8 cm³/mol. The van der Waals surface area contributed by atoms with E-state index >= 15 is 0 Å². The van der Waals surface area contributed by atoms with E-state index in [-0.39, 0.29) is 0 Å². The highest BCUT2D eigenvalue weighted by Crippen LogP contribution is 2.41. The second kappa shape index (κ2) is 4.74. The fourth-order valence-corrected chi connectivity index (χ4v) is 2.46. The van der Waals surface area contributed by atoms with Gasteiger partial charge in [-0.2, -0.15) is 0 Å². The van der Waals surface area contributed by atoms with Gasteiger partial charge in [0.1, 0.15) is 5.82 Å². The summed E-state index contributed by atoms with van der Waals surface area (Å²) in [5.74, 6) is 2.43. The van der Waals surface area contributed by atoms with Crippen LogP contribution < -0.4 is 0 Å². The van der Waals surface area contributed by atoms with Gasteiger partial charge in [0.15, 0.2) is 0 Å². The Kier molecular flexibility index (Phi) is 3.53. The van der Waals surface area contributed by atoms with Gasteiger partial charge >= 0.3 is 0 Å². The van der Waals surface area contributed by atoms with E-state index in [1.165, 1.54) is 19.3 Å². The molecule has 0 N–H and O–H groups in total. The van der Waals surface area contributed by atoms with Crippen LogP contribution in [0.15, 0.2) is 0 Å². The molecule has 3 nitrogen and oxygen atoms in total. The first-order valence-corrected chi connectivity index (χ1v) is 6.61. The van der Waals surface area contributed by atoms with Crippen LogP contribution in [-0.4, -0.2) is 14.8 Å². The second-order valence-electron chi connectivity index (χ2n) is 5.07. The molecule has 0 aromatic carbocycles. The summed E-state index contributed by atoms with van der Waals surface area (Å²) in [6.07, 6.45) is 4.84. The summed E-state index contributed by atoms with van der Waals surface area (Å²) < 4.78 is 2.13. The monoisotopic (exact) mass is 241 g/mol. The number of hydrogen-bond donors (Lipinski definition) is 0. The van der Waals surface area contributed by atoms with Crippen molar-refractivity contribution in [3.05, 3.63) is 11.1 Å². The van der Waals surface area contributed by atoms with Gasteiger partial charge in [-0.25, -0.2) is 0 Å². The normalized spacial score (nSPS) is 19.8. The van der Waals surface area contributed by atoms with Crippen molar-refractivity contribution in [3.63, 3.8) is 0 Å². The molecule has 1 aromatic rings. The lowest BCUT2D eigenvalue weighted by Crippen LogP contribution is -2.12. The molecule has 1 fully saturated rings. The van der Waals surface area contributed by atoms with Crippen LogP contribution in [0.1, 0.15) is 64.2 Å². The van der Waals surface area contributed by atoms with E-state index in [0.29, 0.717) is 17.2 Å². The topological polar surface area (TPSA) is 30.7 Å². The van der Waals surface area contributed by atoms with Gasteiger partial charge in [-0.05, 0) is 43.7 Å². The van der Waals surface area contributed by atoms with Gasteiger partial charge in [-0.1, -0.05) is 20.3 Å². The number of aromatic nitrogens is 3. The number of nitrogens with zero attached hydrogens (tertiary/aromatic N) is 3. The Labute approximate surface area is 102 Å². The molecule has 0 amide bonds. The Balaban J connectivity index is 2.14. The molecule has 0 saturated heterocycles. The molecule has 1 aliphatic rings. The van der Waals surface area contributed by atoms with Gasteiger partial charge in [0, 0.05) is 12.0 Å². The highest BCUT2D eigenvalue weighted by molar-refractivity contribution is 6.28. The molecule has 1 heterocycles. The average molecular weight is 242 g/mol. The van der Waals surface area contributed by atoms with Crippen LogP contribution in [0.5, 0.6) is 0 Å². The van der Waals surface area contributed by atoms with Crippen LogP contribution in [0, 0.1) is 5.92 Å². The van der Waals surface area contributed by atoms with Crippen molar-refractivity contribution in [3.8, 4) is 0 Å². The van der Waals surface area contributed by atoms with E-state index < -0.39 is 0 Å². The fraction of sp³-hybridized carbons (Fsp3) is 0.833. The van der Waals surface area contributed by atoms with E-state index in [4.69, 9.17) is 11.6 Å². The first-order valence-electron chi connectivity index (χ1n) is 6.23. The number of rotatable bonds is 5. The third kappa shape index (κ3) is 2.40. The lowest BCUT2D eigenvalue weighted by atomic mass is 10.0. The summed E-state index contributed by atoms with van der Waals surface area (Å²) >= 11 is 6.13. The predicted octanol–water partition coefficient (Wildman–Crippen LogP) is 3.81. The van der Waals surface area contributed by atoms with Crippen molar-refractivity contribution in [1.82, 2.24) is 14.8 Å². The Morgan fingerprint density at radius 2 is 2.06 bits per heavy atom. The molecule has 2 rings (SSSR count). The largest absolute Gasteiger partial charge is 0.299 e. The third-order valence-electron chi connectivity index (χ3n) is 3.50. The highest BCUT2D eigenvalue weighted by Gasteiger charge is 2.31. The summed E-state index contributed by atoms with van der Waals surface area (Å²) in [7, 11) is 0. The first-order chi connectivity index (χ1) is 7.63. The van der Waals surface area contributed by atoms with Crippen molar-refractivity contribution in [2.24, 2.45) is 5.92 Å². The standard InChI is InChI=1S/C12H20ClN3/c1-4-8(2)7-9(3)16-11(10-5-6-10)14-15-12(16)13/h8-10H,4-7H2,1-3H3. The van der Waals surface area contributed by atoms with Crippen LogP contribution >= 0.6 is 11.6 Å². The molecular formula is C12H20ClN3. The van der Waals surface area contributed by atoms with Gasteiger partial charge in [0.25, 0.3) is 0 Å². The number of hydrogen-bond acceptors (Lipinski definition) is 2. The molecule has 0 radical (unpaired) electrons. The molecule has 90 valence electrons. The van der Waals surface area contributed by atoms with Crippen molar-refractivity contribution in [1.29, 1.82) is 0 Å². The van der Waals surface area contributed by atoms with Gasteiger partial charge in [-0.15, -0.1) is 10.2 Å².